The average molecular weight is 1020 g/mol. The molecule has 4 saturated heterocycles. The highest BCUT2D eigenvalue weighted by Crippen LogP contribution is 2.41. The van der Waals surface area contributed by atoms with Crippen LogP contribution >= 0.6 is 0 Å². The number of alkyl halides is 1. The fourth-order valence-electron chi connectivity index (χ4n) is 11.9. The smallest absolute Gasteiger partial charge is 0.309 e. The number of nitrogens with one attached hydrogen (secondary N) is 1. The van der Waals surface area contributed by atoms with Crippen molar-refractivity contribution in [1.82, 2.24) is 15.1 Å². The molecular weight excluding hydrogens is 924 g/mol. The van der Waals surface area contributed by atoms with Gasteiger partial charge in [0.1, 0.15) is 25.0 Å². The number of likely N-dealkylation sites (N-methyl/N-ethyl adjacent to an activating group) is 1. The molecule has 4 aliphatic heterocycles. The summed E-state index contributed by atoms with van der Waals surface area (Å²) in [6, 6.07) is 6.52. The maximum atomic E-state index is 13.6. The molecule has 72 heavy (non-hydrogen) atoms. The van der Waals surface area contributed by atoms with Crippen LogP contribution in [0.3, 0.4) is 0 Å². The predicted octanol–water partition coefficient (Wildman–Crippen LogP) is 6.26. The maximum absolute atomic E-state index is 13.6. The lowest BCUT2D eigenvalue weighted by molar-refractivity contribution is -0.219. The number of amides is 1. The molecule has 5 rings (SSSR count). The number of terminal acetylenes is 1. The number of hydrogen-bond acceptors (Lipinski definition) is 14. The maximum Gasteiger partial charge on any atom is 0.309 e. The predicted molar refractivity (Wildman–Crippen MR) is 281 cm³/mol. The van der Waals surface area contributed by atoms with Crippen LogP contribution in [0.25, 0.3) is 0 Å². The first kappa shape index (κ1) is 63.3. The van der Waals surface area contributed by atoms with E-state index in [9.17, 15) is 39.5 Å². The van der Waals surface area contributed by atoms with Gasteiger partial charge in [-0.15, -0.1) is 12.8 Å². The third-order valence-corrected chi connectivity index (χ3v) is 16.4. The van der Waals surface area contributed by atoms with E-state index < -0.39 is 66.6 Å². The van der Waals surface area contributed by atoms with Crippen molar-refractivity contribution in [2.24, 2.45) is 29.6 Å². The van der Waals surface area contributed by atoms with Crippen molar-refractivity contribution in [3.05, 3.63) is 29.8 Å². The second-order valence-electron chi connectivity index (χ2n) is 22.5. The number of halogens is 1. The largest absolute Gasteiger partial charge is 0.462 e. The van der Waals surface area contributed by atoms with Crippen LogP contribution in [0.2, 0.25) is 0 Å². The number of carbonyl (C=O) groups excluding carboxylic acids is 2. The summed E-state index contributed by atoms with van der Waals surface area (Å²) in [7, 11) is 5.53. The summed E-state index contributed by atoms with van der Waals surface area (Å²) >= 11 is 0. The Morgan fingerprint density at radius 1 is 0.986 bits per heavy atom. The summed E-state index contributed by atoms with van der Waals surface area (Å²) in [5.41, 5.74) is 0.0383. The van der Waals surface area contributed by atoms with E-state index in [-0.39, 0.29) is 66.3 Å². The Hall–Kier alpha value is -2.95. The molecule has 15 nitrogen and oxygen atoms in total. The SMILES string of the molecule is C#C.CC1CC(N(C)CCC(=O)NC(CF)C(O)c2ccc(N3CCCC3)cc2)CC(O)O1.CC[C@H]1OC(=O)[C@H](C)[C@@H](C[C@H]2C[C@@](C)(OC)[C@@H](O)C(C)O2)[C@H](C)C[C@](C)(O)C[C@@H](C)CN(C)C(C)C(O)[C@H]1C. The van der Waals surface area contributed by atoms with Gasteiger partial charge in [0.15, 0.2) is 6.29 Å². The second-order valence-corrected chi connectivity index (χ2v) is 22.5. The summed E-state index contributed by atoms with van der Waals surface area (Å²) in [6.07, 6.45) is 10.4. The molecule has 0 spiro atoms. The van der Waals surface area contributed by atoms with Gasteiger partial charge in [0.25, 0.3) is 0 Å². The summed E-state index contributed by atoms with van der Waals surface area (Å²) in [4.78, 5) is 32.5. The van der Waals surface area contributed by atoms with Crippen molar-refractivity contribution in [3.8, 4) is 12.8 Å². The molecule has 6 N–H and O–H groups in total. The van der Waals surface area contributed by atoms with Crippen LogP contribution in [0, 0.1) is 42.4 Å². The van der Waals surface area contributed by atoms with E-state index in [2.05, 4.69) is 41.8 Å². The summed E-state index contributed by atoms with van der Waals surface area (Å²) in [5, 5.41) is 56.4. The number of esters is 1. The molecule has 0 radical (unpaired) electrons. The molecule has 1 aromatic rings. The highest BCUT2D eigenvalue weighted by atomic mass is 19.1. The van der Waals surface area contributed by atoms with Crippen LogP contribution in [0.4, 0.5) is 10.1 Å². The molecule has 8 unspecified atom stereocenters. The minimum atomic E-state index is -1.11. The fraction of sp³-hybridized carbons (Fsp3) is 0.821. The van der Waals surface area contributed by atoms with Gasteiger partial charge in [-0.25, -0.2) is 4.39 Å². The Morgan fingerprint density at radius 3 is 2.18 bits per heavy atom. The standard InChI is InChI=1S/C31H59NO7.C23H36FN3O4.C2H2/c1-12-26-21(5)27(33)22(6)32(10)17-18(2)14-30(8,36)15-19(3)25(20(4)29(35)39-26)13-24-16-31(9,37-11)28(34)23(7)38-24;1-16-13-19(14-22(29)31-16)26(2)12-9-21(28)25-20(15-24)23(30)17-5-7-18(8-6-17)27-10-3-4-11-27;1-2/h18-28,33-34,36H,12-17H2,1-11H3;5-8,16,19-20,22-23,29-30H,3-4,9-15H2,1-2H3,(H,25,28);1-2H/t18-,19-,20-,21+,22?,23?,24+,25+,26-,27?,28+,30-,31-;;/m1../s1. The van der Waals surface area contributed by atoms with Crippen LogP contribution in [-0.4, -0.2) is 174 Å². The number of aliphatic hydroxyl groups excluding tert-OH is 4. The van der Waals surface area contributed by atoms with Crippen molar-refractivity contribution < 1.29 is 58.5 Å². The van der Waals surface area contributed by atoms with Gasteiger partial charge in [0.2, 0.25) is 5.91 Å². The van der Waals surface area contributed by atoms with Gasteiger partial charge in [-0.2, -0.15) is 0 Å². The van der Waals surface area contributed by atoms with Crippen LogP contribution in [-0.2, 0) is 28.5 Å². The Labute approximate surface area is 432 Å². The lowest BCUT2D eigenvalue weighted by atomic mass is 9.72. The van der Waals surface area contributed by atoms with Gasteiger partial charge in [-0.3, -0.25) is 9.59 Å². The average Bonchev–Trinajstić information content (AvgIpc) is 3.89. The third kappa shape index (κ3) is 18.1. The second kappa shape index (κ2) is 29.4. The summed E-state index contributed by atoms with van der Waals surface area (Å²) in [5.74, 6) is -1.13. The summed E-state index contributed by atoms with van der Waals surface area (Å²) in [6.45, 7) is 22.1. The number of anilines is 1. The van der Waals surface area contributed by atoms with E-state index in [0.717, 1.165) is 31.7 Å². The minimum Gasteiger partial charge on any atom is -0.462 e. The van der Waals surface area contributed by atoms with Crippen LogP contribution in [0.15, 0.2) is 24.3 Å². The monoisotopic (exact) mass is 1020 g/mol. The number of hydrogen-bond donors (Lipinski definition) is 6. The topological polar surface area (TPSA) is 194 Å². The minimum absolute atomic E-state index is 0.0131. The normalized spacial score (nSPS) is 37.4. The molecular formula is C56H97FN4O11. The molecule has 16 heteroatoms. The number of methoxy groups -OCH3 is 1. The van der Waals surface area contributed by atoms with Gasteiger partial charge >= 0.3 is 5.97 Å². The fourth-order valence-corrected chi connectivity index (χ4v) is 11.9. The molecule has 4 fully saturated rings. The van der Waals surface area contributed by atoms with Gasteiger partial charge in [-0.05, 0) is 129 Å². The lowest BCUT2D eigenvalue weighted by Crippen LogP contribution is -2.56. The quantitative estimate of drug-likeness (QED) is 0.0958. The third-order valence-electron chi connectivity index (χ3n) is 16.4. The van der Waals surface area contributed by atoms with Crippen molar-refractivity contribution in [2.45, 2.75) is 212 Å². The Kier molecular flexibility index (Phi) is 25.8. The van der Waals surface area contributed by atoms with E-state index in [1.807, 2.05) is 86.5 Å². The zero-order chi connectivity index (χ0) is 54.2. The van der Waals surface area contributed by atoms with E-state index in [1.54, 1.807) is 19.2 Å². The highest BCUT2D eigenvalue weighted by molar-refractivity contribution is 5.76. The Morgan fingerprint density at radius 2 is 1.61 bits per heavy atom. The van der Waals surface area contributed by atoms with Crippen molar-refractivity contribution in [1.29, 1.82) is 0 Å². The number of ether oxygens (including phenoxy) is 4. The van der Waals surface area contributed by atoms with E-state index in [0.29, 0.717) is 50.6 Å². The van der Waals surface area contributed by atoms with Crippen LogP contribution < -0.4 is 10.2 Å². The van der Waals surface area contributed by atoms with E-state index in [4.69, 9.17) is 18.9 Å². The van der Waals surface area contributed by atoms with E-state index >= 15 is 0 Å². The van der Waals surface area contributed by atoms with Crippen molar-refractivity contribution in [2.75, 3.05) is 59.0 Å². The molecule has 4 aliphatic rings. The summed E-state index contributed by atoms with van der Waals surface area (Å²) < 4.78 is 37.0. The molecule has 0 saturated carbocycles. The van der Waals surface area contributed by atoms with Crippen LogP contribution in [0.1, 0.15) is 145 Å². The first-order valence-corrected chi connectivity index (χ1v) is 26.8. The molecule has 414 valence electrons. The highest BCUT2D eigenvalue weighted by Gasteiger charge is 2.47. The zero-order valence-corrected chi connectivity index (χ0v) is 46.2. The molecule has 18 atom stereocenters. The van der Waals surface area contributed by atoms with Gasteiger partial charge in [0, 0.05) is 76.2 Å². The number of aliphatic hydroxyl groups is 5. The Bertz CT molecular complexity index is 1760. The first-order valence-electron chi connectivity index (χ1n) is 26.8. The van der Waals surface area contributed by atoms with E-state index in [1.165, 1.54) is 12.8 Å². The number of carbonyl (C=O) groups is 2. The number of rotatable bonds is 13. The first-order chi connectivity index (χ1) is 33.8. The van der Waals surface area contributed by atoms with Gasteiger partial charge in [0.05, 0.1) is 47.6 Å². The molecule has 0 aromatic heterocycles. The molecule has 0 bridgehead atoms. The number of cyclic esters (lactones) is 1. The molecule has 1 amide bonds. The number of benzene rings is 1. The number of nitrogens with zero attached hydrogens (tertiary/aromatic N) is 3. The molecule has 1 aromatic carbocycles. The zero-order valence-electron chi connectivity index (χ0n) is 46.2. The van der Waals surface area contributed by atoms with Gasteiger partial charge < -0.3 is 64.5 Å². The Balaban J connectivity index is 0.000000376. The molecule has 0 aliphatic carbocycles. The molecule has 4 heterocycles. The van der Waals surface area contributed by atoms with Crippen molar-refractivity contribution >= 4 is 17.6 Å². The van der Waals surface area contributed by atoms with Crippen LogP contribution in [0.5, 0.6) is 0 Å². The van der Waals surface area contributed by atoms with Crippen molar-refractivity contribution in [3.63, 3.8) is 0 Å². The van der Waals surface area contributed by atoms with Gasteiger partial charge in [-0.1, -0.05) is 46.8 Å². The lowest BCUT2D eigenvalue weighted by Gasteiger charge is -2.46.